The summed E-state index contributed by atoms with van der Waals surface area (Å²) in [6.07, 6.45) is 5.57. The Morgan fingerprint density at radius 1 is 1.33 bits per heavy atom. The van der Waals surface area contributed by atoms with E-state index in [1.54, 1.807) is 5.92 Å². The molecule has 0 N–H and O–H groups in total. The molecule has 1 aliphatic rings. The van der Waals surface area contributed by atoms with Gasteiger partial charge in [0.1, 0.15) is 0 Å². The first-order valence-corrected chi connectivity index (χ1v) is 3.91. The maximum absolute atomic E-state index is 2.37. The molecule has 0 aromatic carbocycles. The SMILES string of the molecule is C[C]1CCCC(C)(C)C1. The van der Waals surface area contributed by atoms with Crippen molar-refractivity contribution in [3.05, 3.63) is 5.92 Å². The van der Waals surface area contributed by atoms with Gasteiger partial charge in [-0.15, -0.1) is 0 Å². The Labute approximate surface area is 58.7 Å². The molecule has 0 spiro atoms. The van der Waals surface area contributed by atoms with Crippen LogP contribution in [0.1, 0.15) is 46.5 Å². The first-order valence-electron chi connectivity index (χ1n) is 3.91. The third-order valence-electron chi connectivity index (χ3n) is 2.24. The lowest BCUT2D eigenvalue weighted by molar-refractivity contribution is 0.264. The van der Waals surface area contributed by atoms with Gasteiger partial charge in [0.05, 0.1) is 0 Å². The lowest BCUT2D eigenvalue weighted by Gasteiger charge is -2.32. The van der Waals surface area contributed by atoms with Crippen molar-refractivity contribution in [2.24, 2.45) is 5.41 Å². The van der Waals surface area contributed by atoms with E-state index in [-0.39, 0.29) is 0 Å². The molecule has 0 heterocycles. The second-order valence-electron chi connectivity index (χ2n) is 4.15. The average Bonchev–Trinajstić information content (AvgIpc) is 1.60. The Morgan fingerprint density at radius 3 is 2.33 bits per heavy atom. The minimum atomic E-state index is 0.613. The van der Waals surface area contributed by atoms with Crippen LogP contribution >= 0.6 is 0 Å². The van der Waals surface area contributed by atoms with Gasteiger partial charge in [-0.05, 0) is 30.6 Å². The molecule has 0 aliphatic heterocycles. The van der Waals surface area contributed by atoms with E-state index in [2.05, 4.69) is 20.8 Å². The number of hydrogen-bond donors (Lipinski definition) is 0. The van der Waals surface area contributed by atoms with Gasteiger partial charge in [-0.2, -0.15) is 0 Å². The fourth-order valence-electron chi connectivity index (χ4n) is 1.86. The summed E-state index contributed by atoms with van der Waals surface area (Å²) >= 11 is 0. The molecule has 53 valence electrons. The summed E-state index contributed by atoms with van der Waals surface area (Å²) in [5.41, 5.74) is 0.613. The standard InChI is InChI=1S/C9H17/c1-8-5-4-6-9(2,3)7-8/h4-7H2,1-3H3. The summed E-state index contributed by atoms with van der Waals surface area (Å²) in [6.45, 7) is 7.03. The number of rotatable bonds is 0. The van der Waals surface area contributed by atoms with E-state index in [1.807, 2.05) is 0 Å². The molecule has 1 radical (unpaired) electrons. The van der Waals surface area contributed by atoms with Gasteiger partial charge in [-0.25, -0.2) is 0 Å². The lowest BCUT2D eigenvalue weighted by atomic mass is 9.73. The summed E-state index contributed by atoms with van der Waals surface area (Å²) < 4.78 is 0. The van der Waals surface area contributed by atoms with Crippen LogP contribution in [0.5, 0.6) is 0 Å². The van der Waals surface area contributed by atoms with E-state index in [9.17, 15) is 0 Å². The summed E-state index contributed by atoms with van der Waals surface area (Å²) in [5.74, 6) is 1.70. The molecule has 0 heteroatoms. The molecule has 1 rings (SSSR count). The lowest BCUT2D eigenvalue weighted by Crippen LogP contribution is -2.19. The zero-order valence-electron chi connectivity index (χ0n) is 6.83. The van der Waals surface area contributed by atoms with Gasteiger partial charge in [-0.1, -0.05) is 27.2 Å². The minimum Gasteiger partial charge on any atom is -0.0599 e. The molecular formula is C9H17. The molecule has 1 aliphatic carbocycles. The maximum atomic E-state index is 2.37. The zero-order valence-corrected chi connectivity index (χ0v) is 6.83. The molecule has 0 saturated heterocycles. The van der Waals surface area contributed by atoms with Gasteiger partial charge < -0.3 is 0 Å². The van der Waals surface area contributed by atoms with Crippen LogP contribution in [0.25, 0.3) is 0 Å². The van der Waals surface area contributed by atoms with Gasteiger partial charge in [0, 0.05) is 0 Å². The van der Waals surface area contributed by atoms with Crippen molar-refractivity contribution in [1.29, 1.82) is 0 Å². The molecule has 9 heavy (non-hydrogen) atoms. The van der Waals surface area contributed by atoms with Crippen LogP contribution in [0.15, 0.2) is 0 Å². The van der Waals surface area contributed by atoms with E-state index in [1.165, 1.54) is 25.7 Å². The highest BCUT2D eigenvalue weighted by Gasteiger charge is 2.25. The van der Waals surface area contributed by atoms with Crippen molar-refractivity contribution in [3.8, 4) is 0 Å². The van der Waals surface area contributed by atoms with E-state index < -0.39 is 0 Å². The van der Waals surface area contributed by atoms with E-state index >= 15 is 0 Å². The van der Waals surface area contributed by atoms with Crippen LogP contribution < -0.4 is 0 Å². The van der Waals surface area contributed by atoms with E-state index in [4.69, 9.17) is 0 Å². The normalized spacial score (nSPS) is 28.3. The fraction of sp³-hybridized carbons (Fsp3) is 0.889. The predicted octanol–water partition coefficient (Wildman–Crippen LogP) is 3.18. The first kappa shape index (κ1) is 7.11. The molecule has 1 saturated carbocycles. The quantitative estimate of drug-likeness (QED) is 0.466. The van der Waals surface area contributed by atoms with Crippen LogP contribution in [-0.2, 0) is 0 Å². The van der Waals surface area contributed by atoms with Crippen molar-refractivity contribution in [2.75, 3.05) is 0 Å². The molecule has 0 amide bonds. The van der Waals surface area contributed by atoms with E-state index in [0.29, 0.717) is 5.41 Å². The highest BCUT2D eigenvalue weighted by atomic mass is 14.3. The van der Waals surface area contributed by atoms with Crippen molar-refractivity contribution >= 4 is 0 Å². The van der Waals surface area contributed by atoms with Gasteiger partial charge in [-0.3, -0.25) is 0 Å². The highest BCUT2D eigenvalue weighted by molar-refractivity contribution is 4.94. The van der Waals surface area contributed by atoms with Gasteiger partial charge in [0.2, 0.25) is 0 Å². The van der Waals surface area contributed by atoms with Gasteiger partial charge >= 0.3 is 0 Å². The second kappa shape index (κ2) is 2.32. The van der Waals surface area contributed by atoms with Crippen molar-refractivity contribution in [3.63, 3.8) is 0 Å². The fourth-order valence-corrected chi connectivity index (χ4v) is 1.86. The Morgan fingerprint density at radius 2 is 2.00 bits per heavy atom. The Bertz CT molecular complexity index is 92.2. The molecular weight excluding hydrogens is 108 g/mol. The molecule has 0 unspecified atom stereocenters. The zero-order chi connectivity index (χ0) is 6.91. The van der Waals surface area contributed by atoms with Gasteiger partial charge in [0.25, 0.3) is 0 Å². The van der Waals surface area contributed by atoms with Crippen molar-refractivity contribution < 1.29 is 0 Å². The van der Waals surface area contributed by atoms with Crippen LogP contribution in [0, 0.1) is 11.3 Å². The van der Waals surface area contributed by atoms with Crippen LogP contribution in [0.3, 0.4) is 0 Å². The first-order chi connectivity index (χ1) is 4.10. The predicted molar refractivity (Wildman–Crippen MR) is 41.2 cm³/mol. The van der Waals surface area contributed by atoms with Crippen molar-refractivity contribution in [1.82, 2.24) is 0 Å². The molecule has 0 nitrogen and oxygen atoms in total. The van der Waals surface area contributed by atoms with Crippen LogP contribution in [-0.4, -0.2) is 0 Å². The topological polar surface area (TPSA) is 0 Å². The maximum Gasteiger partial charge on any atom is -0.0267 e. The Balaban J connectivity index is 2.41. The van der Waals surface area contributed by atoms with Crippen LogP contribution in [0.2, 0.25) is 0 Å². The minimum absolute atomic E-state index is 0.613. The molecule has 0 aromatic rings. The largest absolute Gasteiger partial charge is 0.0599 e. The number of hydrogen-bond acceptors (Lipinski definition) is 0. The molecule has 0 atom stereocenters. The van der Waals surface area contributed by atoms with E-state index in [0.717, 1.165) is 0 Å². The summed E-state index contributed by atoms with van der Waals surface area (Å²) in [5, 5.41) is 0. The summed E-state index contributed by atoms with van der Waals surface area (Å²) in [4.78, 5) is 0. The monoisotopic (exact) mass is 125 g/mol. The Kier molecular flexibility index (Phi) is 1.83. The molecule has 0 aromatic heterocycles. The Hall–Kier alpha value is 0. The summed E-state index contributed by atoms with van der Waals surface area (Å²) in [6, 6.07) is 0. The van der Waals surface area contributed by atoms with Crippen LogP contribution in [0.4, 0.5) is 0 Å². The van der Waals surface area contributed by atoms with Crippen molar-refractivity contribution in [2.45, 2.75) is 46.5 Å². The third kappa shape index (κ3) is 2.00. The highest BCUT2D eigenvalue weighted by Crippen LogP contribution is 2.38. The third-order valence-corrected chi connectivity index (χ3v) is 2.24. The molecule has 0 bridgehead atoms. The summed E-state index contributed by atoms with van der Waals surface area (Å²) in [7, 11) is 0. The second-order valence-corrected chi connectivity index (χ2v) is 4.15. The molecule has 1 fully saturated rings. The van der Waals surface area contributed by atoms with Gasteiger partial charge in [0.15, 0.2) is 0 Å². The smallest absolute Gasteiger partial charge is 0.0267 e. The average molecular weight is 125 g/mol.